The Kier molecular flexibility index (Phi) is 4.28. The van der Waals surface area contributed by atoms with Crippen LogP contribution in [0.4, 0.5) is 11.9 Å². The molecule has 1 aliphatic heterocycles. The van der Waals surface area contributed by atoms with E-state index in [-0.39, 0.29) is 0 Å². The standard InChI is InChI=1S/C14H19N5OS/c1-3-15-12-16-13(19-7-4-5-8-19)18-14(17-12)21-11-6-9-20-10(11)2/h6,9H,3-5,7-8H2,1-2H3,(H,15,16,17,18). The second kappa shape index (κ2) is 6.34. The number of hydrogen-bond donors (Lipinski definition) is 1. The number of hydrogen-bond acceptors (Lipinski definition) is 7. The lowest BCUT2D eigenvalue weighted by atomic mass is 10.4. The van der Waals surface area contributed by atoms with Gasteiger partial charge in [-0.05, 0) is 44.5 Å². The zero-order valence-corrected chi connectivity index (χ0v) is 13.1. The SMILES string of the molecule is CCNc1nc(Sc2ccoc2C)nc(N2CCCC2)n1. The van der Waals surface area contributed by atoms with E-state index in [4.69, 9.17) is 4.42 Å². The van der Waals surface area contributed by atoms with Crippen molar-refractivity contribution in [3.63, 3.8) is 0 Å². The first kappa shape index (κ1) is 14.2. The fourth-order valence-electron chi connectivity index (χ4n) is 2.26. The molecule has 0 atom stereocenters. The van der Waals surface area contributed by atoms with Crippen LogP contribution in [-0.2, 0) is 0 Å². The number of rotatable bonds is 5. The highest BCUT2D eigenvalue weighted by Crippen LogP contribution is 2.30. The third-order valence-electron chi connectivity index (χ3n) is 3.34. The number of anilines is 2. The molecule has 2 aromatic heterocycles. The summed E-state index contributed by atoms with van der Waals surface area (Å²) < 4.78 is 5.33. The molecule has 1 N–H and O–H groups in total. The number of nitrogens with zero attached hydrogens (tertiary/aromatic N) is 4. The monoisotopic (exact) mass is 305 g/mol. The Morgan fingerprint density at radius 2 is 2.10 bits per heavy atom. The maximum atomic E-state index is 5.33. The highest BCUT2D eigenvalue weighted by molar-refractivity contribution is 7.99. The van der Waals surface area contributed by atoms with Crippen LogP contribution in [0.1, 0.15) is 25.5 Å². The van der Waals surface area contributed by atoms with Crippen LogP contribution in [0.15, 0.2) is 26.8 Å². The van der Waals surface area contributed by atoms with E-state index in [0.29, 0.717) is 11.1 Å². The Bertz CT molecular complexity index is 609. The summed E-state index contributed by atoms with van der Waals surface area (Å²) in [7, 11) is 0. The molecule has 7 heteroatoms. The molecule has 0 aromatic carbocycles. The van der Waals surface area contributed by atoms with E-state index in [2.05, 4.69) is 25.2 Å². The maximum Gasteiger partial charge on any atom is 0.231 e. The minimum Gasteiger partial charge on any atom is -0.468 e. The van der Waals surface area contributed by atoms with Gasteiger partial charge in [0.1, 0.15) is 5.76 Å². The van der Waals surface area contributed by atoms with E-state index >= 15 is 0 Å². The van der Waals surface area contributed by atoms with Gasteiger partial charge in [-0.1, -0.05) is 0 Å². The molecule has 2 aromatic rings. The van der Waals surface area contributed by atoms with Crippen LogP contribution in [-0.4, -0.2) is 34.6 Å². The summed E-state index contributed by atoms with van der Waals surface area (Å²) in [5, 5.41) is 3.88. The van der Waals surface area contributed by atoms with Crippen molar-refractivity contribution in [1.82, 2.24) is 15.0 Å². The minimum atomic E-state index is 0.637. The average molecular weight is 305 g/mol. The van der Waals surface area contributed by atoms with Crippen LogP contribution in [0.25, 0.3) is 0 Å². The Balaban J connectivity index is 1.89. The smallest absolute Gasteiger partial charge is 0.231 e. The molecule has 0 aliphatic carbocycles. The Hall–Kier alpha value is -1.76. The van der Waals surface area contributed by atoms with E-state index in [1.54, 1.807) is 6.26 Å². The molecule has 0 radical (unpaired) electrons. The van der Waals surface area contributed by atoms with Gasteiger partial charge in [0.15, 0.2) is 5.16 Å². The summed E-state index contributed by atoms with van der Waals surface area (Å²) in [4.78, 5) is 16.8. The number of aryl methyl sites for hydroxylation is 1. The van der Waals surface area contributed by atoms with Gasteiger partial charge in [0, 0.05) is 19.6 Å². The van der Waals surface area contributed by atoms with Gasteiger partial charge >= 0.3 is 0 Å². The third-order valence-corrected chi connectivity index (χ3v) is 4.35. The van der Waals surface area contributed by atoms with Gasteiger partial charge in [-0.2, -0.15) is 15.0 Å². The summed E-state index contributed by atoms with van der Waals surface area (Å²) in [5.41, 5.74) is 0. The molecule has 1 fully saturated rings. The number of nitrogens with one attached hydrogen (secondary N) is 1. The lowest BCUT2D eigenvalue weighted by Gasteiger charge is -2.16. The van der Waals surface area contributed by atoms with E-state index in [9.17, 15) is 0 Å². The first-order valence-electron chi connectivity index (χ1n) is 7.23. The Labute approximate surface area is 128 Å². The molecule has 3 rings (SSSR count). The molecule has 6 nitrogen and oxygen atoms in total. The summed E-state index contributed by atoms with van der Waals surface area (Å²) in [6.07, 6.45) is 4.09. The first-order chi connectivity index (χ1) is 10.3. The topological polar surface area (TPSA) is 67.1 Å². The van der Waals surface area contributed by atoms with Crippen molar-refractivity contribution in [2.24, 2.45) is 0 Å². The minimum absolute atomic E-state index is 0.637. The van der Waals surface area contributed by atoms with Crippen LogP contribution < -0.4 is 10.2 Å². The second-order valence-electron chi connectivity index (χ2n) is 4.91. The molecule has 1 aliphatic rings. The molecule has 0 amide bonds. The van der Waals surface area contributed by atoms with Gasteiger partial charge in [-0.15, -0.1) is 0 Å². The third kappa shape index (κ3) is 3.29. The fraction of sp³-hybridized carbons (Fsp3) is 0.500. The van der Waals surface area contributed by atoms with Crippen molar-refractivity contribution in [2.45, 2.75) is 36.7 Å². The van der Waals surface area contributed by atoms with Crippen LogP contribution >= 0.6 is 11.8 Å². The molecule has 0 bridgehead atoms. The summed E-state index contributed by atoms with van der Waals surface area (Å²) >= 11 is 1.51. The van der Waals surface area contributed by atoms with Crippen molar-refractivity contribution in [2.75, 3.05) is 29.9 Å². The molecule has 112 valence electrons. The largest absolute Gasteiger partial charge is 0.468 e. The molecular formula is C14H19N5OS. The van der Waals surface area contributed by atoms with Crippen LogP contribution in [0, 0.1) is 6.92 Å². The fourth-order valence-corrected chi connectivity index (χ4v) is 3.04. The summed E-state index contributed by atoms with van der Waals surface area (Å²) in [5.74, 6) is 2.29. The molecule has 0 spiro atoms. The Morgan fingerprint density at radius 3 is 2.76 bits per heavy atom. The average Bonchev–Trinajstić information content (AvgIpc) is 3.12. The molecule has 1 saturated heterocycles. The summed E-state index contributed by atoms with van der Waals surface area (Å²) in [6.45, 7) is 6.80. The van der Waals surface area contributed by atoms with E-state index < -0.39 is 0 Å². The lowest BCUT2D eigenvalue weighted by molar-refractivity contribution is 0.527. The first-order valence-corrected chi connectivity index (χ1v) is 8.04. The van der Waals surface area contributed by atoms with Crippen molar-refractivity contribution < 1.29 is 4.42 Å². The quantitative estimate of drug-likeness (QED) is 0.910. The van der Waals surface area contributed by atoms with Crippen molar-refractivity contribution in [3.05, 3.63) is 18.1 Å². The highest BCUT2D eigenvalue weighted by Gasteiger charge is 2.18. The van der Waals surface area contributed by atoms with Crippen LogP contribution in [0.3, 0.4) is 0 Å². The second-order valence-corrected chi connectivity index (χ2v) is 5.92. The molecule has 0 unspecified atom stereocenters. The van der Waals surface area contributed by atoms with Gasteiger partial charge < -0.3 is 14.6 Å². The Morgan fingerprint density at radius 1 is 1.29 bits per heavy atom. The lowest BCUT2D eigenvalue weighted by Crippen LogP contribution is -2.21. The molecule has 0 saturated carbocycles. The molecule has 3 heterocycles. The van der Waals surface area contributed by atoms with Gasteiger partial charge in [0.2, 0.25) is 11.9 Å². The van der Waals surface area contributed by atoms with E-state index in [1.165, 1.54) is 24.6 Å². The van der Waals surface area contributed by atoms with E-state index in [1.807, 2.05) is 19.9 Å². The predicted molar refractivity (Wildman–Crippen MR) is 83.0 cm³/mol. The van der Waals surface area contributed by atoms with E-state index in [0.717, 1.165) is 36.2 Å². The molecule has 21 heavy (non-hydrogen) atoms. The van der Waals surface area contributed by atoms with Gasteiger partial charge in [0.05, 0.1) is 11.2 Å². The van der Waals surface area contributed by atoms with Crippen molar-refractivity contribution in [1.29, 1.82) is 0 Å². The normalized spacial score (nSPS) is 14.7. The number of furan rings is 1. The van der Waals surface area contributed by atoms with Crippen molar-refractivity contribution >= 4 is 23.7 Å². The van der Waals surface area contributed by atoms with Gasteiger partial charge in [0.25, 0.3) is 0 Å². The number of aromatic nitrogens is 3. The van der Waals surface area contributed by atoms with Crippen molar-refractivity contribution in [3.8, 4) is 0 Å². The molecular weight excluding hydrogens is 286 g/mol. The highest BCUT2D eigenvalue weighted by atomic mass is 32.2. The zero-order valence-electron chi connectivity index (χ0n) is 12.3. The van der Waals surface area contributed by atoms with Crippen LogP contribution in [0.2, 0.25) is 0 Å². The van der Waals surface area contributed by atoms with Crippen LogP contribution in [0.5, 0.6) is 0 Å². The van der Waals surface area contributed by atoms with Gasteiger partial charge in [-0.3, -0.25) is 0 Å². The van der Waals surface area contributed by atoms with Gasteiger partial charge in [-0.25, -0.2) is 0 Å². The summed E-state index contributed by atoms with van der Waals surface area (Å²) in [6, 6.07) is 1.94. The maximum absolute atomic E-state index is 5.33. The predicted octanol–water partition coefficient (Wildman–Crippen LogP) is 2.96. The zero-order chi connectivity index (χ0) is 14.7.